The number of hydrogen-bond donors (Lipinski definition) is 1. The Morgan fingerprint density at radius 1 is 1.18 bits per heavy atom. The molecule has 3 aromatic rings. The second-order valence-electron chi connectivity index (χ2n) is 6.20. The Labute approximate surface area is 178 Å². The molecule has 2 aromatic carbocycles. The zero-order chi connectivity index (χ0) is 20.1. The molecule has 0 aliphatic carbocycles. The van der Waals surface area contributed by atoms with Crippen molar-refractivity contribution in [2.75, 3.05) is 19.0 Å². The SMILES string of the molecule is CCOC(=O)c1cc2c(SCCCO)cccc2n1Cc1ccc(Cl)c(Cl)c1. The highest BCUT2D eigenvalue weighted by Crippen LogP contribution is 2.32. The molecular weight excluding hydrogens is 417 g/mol. The molecule has 0 amide bonds. The van der Waals surface area contributed by atoms with Gasteiger partial charge in [-0.1, -0.05) is 35.3 Å². The van der Waals surface area contributed by atoms with Crippen LogP contribution in [0, 0.1) is 0 Å². The lowest BCUT2D eigenvalue weighted by Crippen LogP contribution is -2.12. The van der Waals surface area contributed by atoms with E-state index >= 15 is 0 Å². The molecule has 0 radical (unpaired) electrons. The van der Waals surface area contributed by atoms with E-state index in [1.807, 2.05) is 41.0 Å². The molecule has 0 aliphatic heterocycles. The van der Waals surface area contributed by atoms with Gasteiger partial charge in [0.15, 0.2) is 0 Å². The maximum Gasteiger partial charge on any atom is 0.354 e. The van der Waals surface area contributed by atoms with Crippen molar-refractivity contribution in [1.29, 1.82) is 0 Å². The van der Waals surface area contributed by atoms with Gasteiger partial charge in [-0.25, -0.2) is 4.79 Å². The summed E-state index contributed by atoms with van der Waals surface area (Å²) < 4.78 is 7.22. The summed E-state index contributed by atoms with van der Waals surface area (Å²) in [5.41, 5.74) is 2.39. The molecule has 0 aliphatic rings. The van der Waals surface area contributed by atoms with E-state index in [9.17, 15) is 4.79 Å². The van der Waals surface area contributed by atoms with Crippen LogP contribution < -0.4 is 0 Å². The molecule has 1 N–H and O–H groups in total. The van der Waals surface area contributed by atoms with Gasteiger partial charge in [0, 0.05) is 29.2 Å². The van der Waals surface area contributed by atoms with Gasteiger partial charge in [0.2, 0.25) is 0 Å². The Bertz CT molecular complexity index is 987. The Kier molecular flexibility index (Phi) is 7.30. The minimum Gasteiger partial charge on any atom is -0.461 e. The third-order valence-electron chi connectivity index (χ3n) is 4.28. The van der Waals surface area contributed by atoms with Gasteiger partial charge < -0.3 is 14.4 Å². The molecule has 4 nitrogen and oxygen atoms in total. The van der Waals surface area contributed by atoms with Crippen LogP contribution in [-0.4, -0.2) is 34.6 Å². The lowest BCUT2D eigenvalue weighted by molar-refractivity contribution is 0.0515. The monoisotopic (exact) mass is 437 g/mol. The van der Waals surface area contributed by atoms with Crippen LogP contribution >= 0.6 is 35.0 Å². The Morgan fingerprint density at radius 3 is 2.71 bits per heavy atom. The third kappa shape index (κ3) is 4.66. The summed E-state index contributed by atoms with van der Waals surface area (Å²) in [4.78, 5) is 13.7. The number of nitrogens with zero attached hydrogens (tertiary/aromatic N) is 1. The second kappa shape index (κ2) is 9.70. The average molecular weight is 438 g/mol. The van der Waals surface area contributed by atoms with Crippen LogP contribution in [-0.2, 0) is 11.3 Å². The minimum atomic E-state index is -0.356. The van der Waals surface area contributed by atoms with Crippen molar-refractivity contribution in [1.82, 2.24) is 4.57 Å². The minimum absolute atomic E-state index is 0.162. The molecule has 0 bridgehead atoms. The van der Waals surface area contributed by atoms with Crippen molar-refractivity contribution in [2.45, 2.75) is 24.8 Å². The van der Waals surface area contributed by atoms with E-state index in [0.29, 0.717) is 28.9 Å². The van der Waals surface area contributed by atoms with E-state index in [1.165, 1.54) is 0 Å². The van der Waals surface area contributed by atoms with Gasteiger partial charge in [-0.2, -0.15) is 0 Å². The first-order valence-electron chi connectivity index (χ1n) is 9.02. The maximum absolute atomic E-state index is 12.6. The first kappa shape index (κ1) is 21.1. The van der Waals surface area contributed by atoms with Gasteiger partial charge in [0.1, 0.15) is 5.69 Å². The van der Waals surface area contributed by atoms with Crippen LogP contribution in [0.4, 0.5) is 0 Å². The number of fused-ring (bicyclic) bond motifs is 1. The van der Waals surface area contributed by atoms with Crippen LogP contribution in [0.1, 0.15) is 29.4 Å². The third-order valence-corrected chi connectivity index (χ3v) is 6.17. The molecule has 0 atom stereocenters. The van der Waals surface area contributed by atoms with Crippen LogP contribution in [0.2, 0.25) is 10.0 Å². The van der Waals surface area contributed by atoms with E-state index in [2.05, 4.69) is 0 Å². The Morgan fingerprint density at radius 2 is 2.00 bits per heavy atom. The van der Waals surface area contributed by atoms with Gasteiger partial charge >= 0.3 is 5.97 Å². The van der Waals surface area contributed by atoms with Gasteiger partial charge in [0.05, 0.1) is 22.2 Å². The molecular formula is C21H21Cl2NO3S. The van der Waals surface area contributed by atoms with Crippen LogP contribution in [0.5, 0.6) is 0 Å². The molecule has 0 saturated carbocycles. The van der Waals surface area contributed by atoms with Crippen LogP contribution in [0.25, 0.3) is 10.9 Å². The molecule has 7 heteroatoms. The fourth-order valence-corrected chi connectivity index (χ4v) is 4.30. The Balaban J connectivity index is 2.06. The Hall–Kier alpha value is -1.66. The number of carbonyl (C=O) groups excluding carboxylic acids is 1. The quantitative estimate of drug-likeness (QED) is 0.281. The summed E-state index contributed by atoms with van der Waals surface area (Å²) in [5.74, 6) is 0.451. The van der Waals surface area contributed by atoms with Crippen molar-refractivity contribution in [2.24, 2.45) is 0 Å². The molecule has 0 saturated heterocycles. The molecule has 1 aromatic heterocycles. The van der Waals surface area contributed by atoms with Gasteiger partial charge in [-0.3, -0.25) is 0 Å². The molecule has 148 valence electrons. The van der Waals surface area contributed by atoms with Crippen LogP contribution in [0.3, 0.4) is 0 Å². The van der Waals surface area contributed by atoms with Crippen molar-refractivity contribution < 1.29 is 14.6 Å². The summed E-state index contributed by atoms with van der Waals surface area (Å²) in [6.45, 7) is 2.74. The number of esters is 1. The number of rotatable bonds is 8. The summed E-state index contributed by atoms with van der Waals surface area (Å²) in [6, 6.07) is 13.3. The number of benzene rings is 2. The molecule has 1 heterocycles. The standard InChI is InChI=1S/C21H21Cl2NO3S/c1-2-27-21(26)19-12-15-18(5-3-6-20(15)28-10-4-9-25)24(19)13-14-7-8-16(22)17(23)11-14/h3,5-8,11-12,25H,2,4,9-10,13H2,1H3. The fraction of sp³-hybridized carbons (Fsp3) is 0.286. The van der Waals surface area contributed by atoms with Crippen molar-refractivity contribution >= 4 is 51.8 Å². The summed E-state index contributed by atoms with van der Waals surface area (Å²) in [5, 5.41) is 11.0. The highest BCUT2D eigenvalue weighted by Gasteiger charge is 2.19. The highest BCUT2D eigenvalue weighted by atomic mass is 35.5. The number of aliphatic hydroxyl groups is 1. The maximum atomic E-state index is 12.6. The van der Waals surface area contributed by atoms with Gasteiger partial charge in [-0.05, 0) is 49.2 Å². The highest BCUT2D eigenvalue weighted by molar-refractivity contribution is 7.99. The molecule has 0 unspecified atom stereocenters. The predicted molar refractivity (Wildman–Crippen MR) is 116 cm³/mol. The second-order valence-corrected chi connectivity index (χ2v) is 8.15. The topological polar surface area (TPSA) is 51.5 Å². The summed E-state index contributed by atoms with van der Waals surface area (Å²) in [6.07, 6.45) is 0.718. The molecule has 0 fully saturated rings. The number of aliphatic hydroxyl groups excluding tert-OH is 1. The van der Waals surface area contributed by atoms with Crippen molar-refractivity contribution in [3.8, 4) is 0 Å². The van der Waals surface area contributed by atoms with Gasteiger partial charge in [-0.15, -0.1) is 11.8 Å². The van der Waals surface area contributed by atoms with Crippen molar-refractivity contribution in [3.63, 3.8) is 0 Å². The summed E-state index contributed by atoms with van der Waals surface area (Å²) in [7, 11) is 0. The predicted octanol–water partition coefficient (Wildman–Crippen LogP) is 5.65. The normalized spacial score (nSPS) is 11.1. The van der Waals surface area contributed by atoms with E-state index in [0.717, 1.165) is 33.5 Å². The zero-order valence-corrected chi connectivity index (χ0v) is 17.8. The average Bonchev–Trinajstić information content (AvgIpc) is 3.05. The fourth-order valence-electron chi connectivity index (χ4n) is 2.99. The van der Waals surface area contributed by atoms with Crippen molar-refractivity contribution in [3.05, 3.63) is 63.8 Å². The molecule has 3 rings (SSSR count). The lowest BCUT2D eigenvalue weighted by Gasteiger charge is -2.11. The van der Waals surface area contributed by atoms with E-state index < -0.39 is 0 Å². The smallest absolute Gasteiger partial charge is 0.354 e. The first-order valence-corrected chi connectivity index (χ1v) is 10.8. The number of ether oxygens (including phenoxy) is 1. The van der Waals surface area contributed by atoms with E-state index in [4.69, 9.17) is 33.0 Å². The number of carbonyl (C=O) groups is 1. The number of aromatic nitrogens is 1. The first-order chi connectivity index (χ1) is 13.5. The van der Waals surface area contributed by atoms with E-state index in [-0.39, 0.29) is 12.6 Å². The van der Waals surface area contributed by atoms with Crippen LogP contribution in [0.15, 0.2) is 47.4 Å². The van der Waals surface area contributed by atoms with E-state index in [1.54, 1.807) is 24.8 Å². The summed E-state index contributed by atoms with van der Waals surface area (Å²) >= 11 is 13.9. The molecule has 0 spiro atoms. The number of thioether (sulfide) groups is 1. The number of halogens is 2. The molecule has 28 heavy (non-hydrogen) atoms. The number of hydrogen-bond acceptors (Lipinski definition) is 4. The lowest BCUT2D eigenvalue weighted by atomic mass is 10.2. The largest absolute Gasteiger partial charge is 0.461 e. The zero-order valence-electron chi connectivity index (χ0n) is 15.5. The van der Waals surface area contributed by atoms with Gasteiger partial charge in [0.25, 0.3) is 0 Å².